The van der Waals surface area contributed by atoms with Crippen LogP contribution in [-0.2, 0) is 19.4 Å². The molecule has 1 aliphatic rings. The molecule has 0 saturated heterocycles. The second-order valence-corrected chi connectivity index (χ2v) is 5.38. The highest BCUT2D eigenvalue weighted by molar-refractivity contribution is 5.89. The summed E-state index contributed by atoms with van der Waals surface area (Å²) in [6, 6.07) is 9.67. The first-order valence-corrected chi connectivity index (χ1v) is 7.19. The van der Waals surface area contributed by atoms with Gasteiger partial charge in [0.05, 0.1) is 5.56 Å². The summed E-state index contributed by atoms with van der Waals surface area (Å²) in [5, 5.41) is 9.24. The lowest BCUT2D eigenvalue weighted by Gasteiger charge is -2.29. The summed E-state index contributed by atoms with van der Waals surface area (Å²) >= 11 is 0. The Bertz CT molecular complexity index is 640. The van der Waals surface area contributed by atoms with E-state index in [9.17, 15) is 9.90 Å². The zero-order valence-corrected chi connectivity index (χ0v) is 11.8. The van der Waals surface area contributed by atoms with Crippen LogP contribution in [0.4, 0.5) is 0 Å². The second-order valence-electron chi connectivity index (χ2n) is 5.38. The summed E-state index contributed by atoms with van der Waals surface area (Å²) in [6.07, 6.45) is 5.45. The smallest absolute Gasteiger partial charge is 0.335 e. The van der Waals surface area contributed by atoms with Crippen molar-refractivity contribution in [2.45, 2.75) is 19.4 Å². The Kier molecular flexibility index (Phi) is 3.97. The molecular formula is C17H18N2O2. The molecule has 1 aromatic carbocycles. The second kappa shape index (κ2) is 6.06. The molecule has 0 fully saturated rings. The topological polar surface area (TPSA) is 53.4 Å². The Morgan fingerprint density at radius 3 is 2.81 bits per heavy atom. The third-order valence-corrected chi connectivity index (χ3v) is 4.04. The predicted octanol–water partition coefficient (Wildman–Crippen LogP) is 2.38. The zero-order valence-electron chi connectivity index (χ0n) is 11.8. The first-order chi connectivity index (χ1) is 10.2. The summed E-state index contributed by atoms with van der Waals surface area (Å²) in [5.41, 5.74) is 3.90. The van der Waals surface area contributed by atoms with Gasteiger partial charge in [0, 0.05) is 32.0 Å². The largest absolute Gasteiger partial charge is 0.478 e. The summed E-state index contributed by atoms with van der Waals surface area (Å²) in [6.45, 7) is 2.74. The van der Waals surface area contributed by atoms with Crippen LogP contribution in [0.2, 0.25) is 0 Å². The van der Waals surface area contributed by atoms with Crippen LogP contribution in [0.5, 0.6) is 0 Å². The number of nitrogens with zero attached hydrogens (tertiary/aromatic N) is 2. The van der Waals surface area contributed by atoms with Crippen molar-refractivity contribution in [3.05, 3.63) is 65.0 Å². The van der Waals surface area contributed by atoms with Crippen molar-refractivity contribution < 1.29 is 9.90 Å². The Hall–Kier alpha value is -2.20. The molecule has 1 aromatic heterocycles. The maximum Gasteiger partial charge on any atom is 0.335 e. The van der Waals surface area contributed by atoms with E-state index in [4.69, 9.17) is 0 Å². The van der Waals surface area contributed by atoms with Gasteiger partial charge in [0.2, 0.25) is 0 Å². The van der Waals surface area contributed by atoms with Gasteiger partial charge in [0.1, 0.15) is 0 Å². The van der Waals surface area contributed by atoms with Crippen LogP contribution < -0.4 is 0 Å². The average Bonchev–Trinajstić information content (AvgIpc) is 2.53. The number of hydrogen-bond donors (Lipinski definition) is 1. The van der Waals surface area contributed by atoms with E-state index in [1.54, 1.807) is 6.07 Å². The van der Waals surface area contributed by atoms with Crippen LogP contribution in [-0.4, -0.2) is 34.0 Å². The van der Waals surface area contributed by atoms with Gasteiger partial charge in [-0.1, -0.05) is 12.1 Å². The highest BCUT2D eigenvalue weighted by Gasteiger charge is 2.20. The first-order valence-electron chi connectivity index (χ1n) is 7.19. The number of benzene rings is 1. The van der Waals surface area contributed by atoms with Gasteiger partial charge in [-0.25, -0.2) is 4.79 Å². The van der Waals surface area contributed by atoms with E-state index in [0.29, 0.717) is 5.56 Å². The number of aromatic nitrogens is 1. The molecule has 0 spiro atoms. The highest BCUT2D eigenvalue weighted by Crippen LogP contribution is 2.22. The van der Waals surface area contributed by atoms with E-state index < -0.39 is 5.97 Å². The number of pyridine rings is 1. The number of hydrogen-bond acceptors (Lipinski definition) is 3. The van der Waals surface area contributed by atoms with Crippen LogP contribution in [0.3, 0.4) is 0 Å². The SMILES string of the molecule is O=C(O)c1cccc2c1CCN(CCc1ccncc1)C2. The lowest BCUT2D eigenvalue weighted by atomic mass is 9.94. The maximum atomic E-state index is 11.2. The van der Waals surface area contributed by atoms with Crippen LogP contribution in [0.1, 0.15) is 27.0 Å². The minimum Gasteiger partial charge on any atom is -0.478 e. The van der Waals surface area contributed by atoms with Crippen molar-refractivity contribution in [3.63, 3.8) is 0 Å². The quantitative estimate of drug-likeness (QED) is 0.935. The summed E-state index contributed by atoms with van der Waals surface area (Å²) in [4.78, 5) is 17.7. The van der Waals surface area contributed by atoms with E-state index in [-0.39, 0.29) is 0 Å². The molecule has 1 aliphatic heterocycles. The third kappa shape index (κ3) is 3.11. The van der Waals surface area contributed by atoms with Gasteiger partial charge in [-0.2, -0.15) is 0 Å². The molecular weight excluding hydrogens is 264 g/mol. The molecule has 4 heteroatoms. The standard InChI is InChI=1S/C17H18N2O2/c20-17(21)16-3-1-2-14-12-19(11-7-15(14)16)10-6-13-4-8-18-9-5-13/h1-5,8-9H,6-7,10-12H2,(H,20,21). The molecule has 2 aromatic rings. The van der Waals surface area contributed by atoms with E-state index in [1.807, 2.05) is 36.7 Å². The van der Waals surface area contributed by atoms with Gasteiger partial charge in [-0.15, -0.1) is 0 Å². The van der Waals surface area contributed by atoms with Crippen LogP contribution in [0.15, 0.2) is 42.7 Å². The van der Waals surface area contributed by atoms with Gasteiger partial charge in [-0.3, -0.25) is 9.88 Å². The fourth-order valence-electron chi connectivity index (χ4n) is 2.90. The van der Waals surface area contributed by atoms with Gasteiger partial charge in [0.15, 0.2) is 0 Å². The van der Waals surface area contributed by atoms with Crippen LogP contribution in [0.25, 0.3) is 0 Å². The van der Waals surface area contributed by atoms with Crippen molar-refractivity contribution in [1.82, 2.24) is 9.88 Å². The van der Waals surface area contributed by atoms with Gasteiger partial charge in [0.25, 0.3) is 0 Å². The Labute approximate surface area is 124 Å². The highest BCUT2D eigenvalue weighted by atomic mass is 16.4. The van der Waals surface area contributed by atoms with Crippen molar-refractivity contribution in [1.29, 1.82) is 0 Å². The van der Waals surface area contributed by atoms with Gasteiger partial charge >= 0.3 is 5.97 Å². The summed E-state index contributed by atoms with van der Waals surface area (Å²) in [5.74, 6) is -0.822. The molecule has 21 heavy (non-hydrogen) atoms. The monoisotopic (exact) mass is 282 g/mol. The molecule has 0 amide bonds. The fourth-order valence-corrected chi connectivity index (χ4v) is 2.90. The molecule has 0 aliphatic carbocycles. The number of rotatable bonds is 4. The lowest BCUT2D eigenvalue weighted by molar-refractivity contribution is 0.0694. The van der Waals surface area contributed by atoms with E-state index in [2.05, 4.69) is 9.88 Å². The van der Waals surface area contributed by atoms with Crippen molar-refractivity contribution in [2.75, 3.05) is 13.1 Å². The minimum absolute atomic E-state index is 0.460. The minimum atomic E-state index is -0.822. The lowest BCUT2D eigenvalue weighted by Crippen LogP contribution is -2.33. The average molecular weight is 282 g/mol. The van der Waals surface area contributed by atoms with E-state index >= 15 is 0 Å². The third-order valence-electron chi connectivity index (χ3n) is 4.04. The molecule has 0 radical (unpaired) electrons. The number of carbonyl (C=O) groups is 1. The Morgan fingerprint density at radius 1 is 1.24 bits per heavy atom. The van der Waals surface area contributed by atoms with Gasteiger partial charge in [-0.05, 0) is 47.7 Å². The Balaban J connectivity index is 1.68. The molecule has 108 valence electrons. The van der Waals surface area contributed by atoms with Gasteiger partial charge < -0.3 is 5.11 Å². The normalized spacial score (nSPS) is 14.7. The molecule has 4 nitrogen and oxygen atoms in total. The number of fused-ring (bicyclic) bond motifs is 1. The molecule has 0 bridgehead atoms. The Morgan fingerprint density at radius 2 is 2.05 bits per heavy atom. The molecule has 0 unspecified atom stereocenters. The number of carboxylic acid groups (broad SMARTS) is 1. The molecule has 1 N–H and O–H groups in total. The summed E-state index contributed by atoms with van der Waals surface area (Å²) in [7, 11) is 0. The van der Waals surface area contributed by atoms with Crippen LogP contribution >= 0.6 is 0 Å². The molecule has 2 heterocycles. The molecule has 0 atom stereocenters. The number of carboxylic acids is 1. The molecule has 3 rings (SSSR count). The first kappa shape index (κ1) is 13.8. The molecule has 0 saturated carbocycles. The zero-order chi connectivity index (χ0) is 14.7. The fraction of sp³-hybridized carbons (Fsp3) is 0.294. The van der Waals surface area contributed by atoms with Crippen molar-refractivity contribution >= 4 is 5.97 Å². The van der Waals surface area contributed by atoms with E-state index in [0.717, 1.165) is 43.6 Å². The van der Waals surface area contributed by atoms with Crippen molar-refractivity contribution in [2.24, 2.45) is 0 Å². The van der Waals surface area contributed by atoms with Crippen LogP contribution in [0, 0.1) is 0 Å². The number of aromatic carboxylic acids is 1. The summed E-state index contributed by atoms with van der Waals surface area (Å²) < 4.78 is 0. The van der Waals surface area contributed by atoms with E-state index in [1.165, 1.54) is 5.56 Å². The maximum absolute atomic E-state index is 11.2. The van der Waals surface area contributed by atoms with Crippen molar-refractivity contribution in [3.8, 4) is 0 Å². The predicted molar refractivity (Wildman–Crippen MR) is 80.3 cm³/mol.